The van der Waals surface area contributed by atoms with Crippen molar-refractivity contribution in [3.63, 3.8) is 0 Å². The number of nitrogens with zero attached hydrogens (tertiary/aromatic N) is 5. The zero-order chi connectivity index (χ0) is 48.3. The molecule has 4 heterocycles. The smallest absolute Gasteiger partial charge is 0.257 e. The summed E-state index contributed by atoms with van der Waals surface area (Å²) in [7, 11) is 1.77. The van der Waals surface area contributed by atoms with Crippen molar-refractivity contribution in [1.82, 2.24) is 25.3 Å². The summed E-state index contributed by atoms with van der Waals surface area (Å²) in [5, 5.41) is 16.9. The van der Waals surface area contributed by atoms with E-state index in [4.69, 9.17) is 23.7 Å². The molecule has 2 aliphatic heterocycles. The molecule has 4 aromatic carbocycles. The summed E-state index contributed by atoms with van der Waals surface area (Å²) in [4.78, 5) is 53.5. The van der Waals surface area contributed by atoms with Crippen molar-refractivity contribution in [1.29, 1.82) is 0 Å². The quantitative estimate of drug-likeness (QED) is 0.0525. The number of aromatic nitrogens is 2. The monoisotopic (exact) mass is 950 g/mol. The summed E-state index contributed by atoms with van der Waals surface area (Å²) in [6.07, 6.45) is 3.17. The number of hydrogen-bond acceptors (Lipinski definition) is 12. The van der Waals surface area contributed by atoms with Crippen molar-refractivity contribution in [2.24, 2.45) is 4.99 Å². The van der Waals surface area contributed by atoms with Crippen molar-refractivity contribution in [3.8, 4) is 27.8 Å². The fourth-order valence-electron chi connectivity index (χ4n) is 8.76. The van der Waals surface area contributed by atoms with Crippen LogP contribution in [0.2, 0.25) is 0 Å². The summed E-state index contributed by atoms with van der Waals surface area (Å²) in [6.45, 7) is 8.13. The molecule has 8 rings (SSSR count). The van der Waals surface area contributed by atoms with Crippen LogP contribution in [0.15, 0.2) is 124 Å². The third-order valence-corrected chi connectivity index (χ3v) is 13.6. The summed E-state index contributed by atoms with van der Waals surface area (Å²) in [5.41, 5.74) is 8.99. The van der Waals surface area contributed by atoms with E-state index in [2.05, 4.69) is 34.5 Å². The number of phenolic OH excluding ortho intramolecular Hbond substituents is 1. The van der Waals surface area contributed by atoms with E-state index in [9.17, 15) is 19.5 Å². The Hall–Kier alpha value is -7.10. The van der Waals surface area contributed by atoms with Gasteiger partial charge in [0.1, 0.15) is 36.3 Å². The molecular formula is C54H58N6O8S. The van der Waals surface area contributed by atoms with Crippen LogP contribution in [0.3, 0.4) is 0 Å². The average Bonchev–Trinajstić information content (AvgIpc) is 4.19. The van der Waals surface area contributed by atoms with Gasteiger partial charge in [-0.1, -0.05) is 85.8 Å². The lowest BCUT2D eigenvalue weighted by atomic mass is 9.88. The SMILES string of the molecule is CC/C(=C(\c1ccc(O)cc1)c1ccc(OCCN(C)C(=O)CCCOCCOc2cc(CC(=O)N3CCC[C@H]3C3=N[C@](C)(c4ccc(-c5scnc5C)cc4)C(=O)N3)on2)cc1)c1ccccc1. The van der Waals surface area contributed by atoms with Crippen LogP contribution in [-0.4, -0.2) is 101 Å². The predicted molar refractivity (Wildman–Crippen MR) is 266 cm³/mol. The van der Waals surface area contributed by atoms with Crippen molar-refractivity contribution in [2.75, 3.05) is 46.6 Å². The molecule has 1 fully saturated rings. The fraction of sp³-hybridized carbons (Fsp3) is 0.333. The Labute approximate surface area is 406 Å². The maximum atomic E-state index is 13.5. The zero-order valence-corrected chi connectivity index (χ0v) is 40.3. The van der Waals surface area contributed by atoms with Crippen LogP contribution < -0.4 is 14.8 Å². The van der Waals surface area contributed by atoms with E-state index in [1.54, 1.807) is 53.3 Å². The molecule has 0 saturated carbocycles. The second kappa shape index (κ2) is 22.3. The molecule has 14 nitrogen and oxygen atoms in total. The molecule has 0 spiro atoms. The van der Waals surface area contributed by atoms with Gasteiger partial charge in [0.2, 0.25) is 11.8 Å². The van der Waals surface area contributed by atoms with Crippen LogP contribution in [0.1, 0.15) is 79.7 Å². The number of benzene rings is 4. The topological polar surface area (TPSA) is 169 Å². The van der Waals surface area contributed by atoms with Gasteiger partial charge in [-0.2, -0.15) is 0 Å². The lowest BCUT2D eigenvalue weighted by Gasteiger charge is -2.24. The molecule has 2 N–H and O–H groups in total. The first-order valence-corrected chi connectivity index (χ1v) is 24.3. The molecule has 6 aromatic rings. The van der Waals surface area contributed by atoms with Crippen LogP contribution in [-0.2, 0) is 31.1 Å². The van der Waals surface area contributed by atoms with Gasteiger partial charge in [0.15, 0.2) is 5.54 Å². The molecular weight excluding hydrogens is 893 g/mol. The number of allylic oxidation sites excluding steroid dienone is 1. The number of nitrogens with one attached hydrogen (secondary N) is 1. The molecule has 2 aromatic heterocycles. The maximum Gasteiger partial charge on any atom is 0.257 e. The van der Waals surface area contributed by atoms with Crippen molar-refractivity contribution in [3.05, 3.63) is 148 Å². The average molecular weight is 951 g/mol. The number of ether oxygens (including phenoxy) is 3. The second-order valence-corrected chi connectivity index (χ2v) is 18.1. The summed E-state index contributed by atoms with van der Waals surface area (Å²) in [5.74, 6) is 1.66. The van der Waals surface area contributed by atoms with Crippen molar-refractivity contribution < 1.29 is 38.2 Å². The molecule has 358 valence electrons. The van der Waals surface area contributed by atoms with E-state index in [0.717, 1.165) is 56.8 Å². The number of aliphatic imine (C=N–C) groups is 1. The van der Waals surface area contributed by atoms with E-state index >= 15 is 0 Å². The largest absolute Gasteiger partial charge is 0.508 e. The Morgan fingerprint density at radius 1 is 0.928 bits per heavy atom. The standard InChI is InChI=1S/C54H58N6O8S/c1-5-45(37-11-7-6-8-12-37)50(38-17-23-42(61)24-18-38)39-19-25-43(26-20-39)66-30-28-59(4)48(62)14-10-29-65-31-32-67-47-33-44(68-58-47)34-49(63)60-27-9-13-46(60)52-56-53(64)54(3,57-52)41-21-15-40(16-22-41)51-36(2)55-35-69-51/h6-8,11-12,15-26,33,35,46,61H,5,9-10,13-14,27-32,34H2,1-4H3,(H,56,57,64)/b50-45-/t46-,54+/m0/s1. The molecule has 2 atom stereocenters. The molecule has 0 bridgehead atoms. The third-order valence-electron chi connectivity index (χ3n) is 12.6. The molecule has 1 saturated heterocycles. The highest BCUT2D eigenvalue weighted by molar-refractivity contribution is 7.13. The number of amidine groups is 1. The summed E-state index contributed by atoms with van der Waals surface area (Å²) in [6, 6.07) is 34.7. The lowest BCUT2D eigenvalue weighted by molar-refractivity contribution is -0.131. The number of phenols is 1. The Balaban J connectivity index is 0.726. The Kier molecular flexibility index (Phi) is 15.7. The summed E-state index contributed by atoms with van der Waals surface area (Å²) < 4.78 is 22.9. The number of likely N-dealkylation sites (tertiary alicyclic amines) is 1. The Bertz CT molecular complexity index is 2770. The highest BCUT2D eigenvalue weighted by Crippen LogP contribution is 2.37. The Morgan fingerprint density at radius 2 is 1.67 bits per heavy atom. The second-order valence-electron chi connectivity index (χ2n) is 17.3. The molecule has 3 amide bonds. The predicted octanol–water partition coefficient (Wildman–Crippen LogP) is 8.87. The number of thiazole rings is 1. The molecule has 0 unspecified atom stereocenters. The number of hydrogen-bond donors (Lipinski definition) is 2. The van der Waals surface area contributed by atoms with Gasteiger partial charge < -0.3 is 39.0 Å². The minimum absolute atomic E-state index is 0.000904. The van der Waals surface area contributed by atoms with Crippen LogP contribution >= 0.6 is 11.3 Å². The third kappa shape index (κ3) is 11.6. The van der Waals surface area contributed by atoms with Gasteiger partial charge in [-0.3, -0.25) is 14.4 Å². The molecule has 2 aliphatic rings. The molecule has 69 heavy (non-hydrogen) atoms. The van der Waals surface area contributed by atoms with Gasteiger partial charge in [-0.05, 0) is 108 Å². The number of carbonyl (C=O) groups is 3. The number of likely N-dealkylation sites (N-methyl/N-ethyl adjacent to an activating group) is 1. The summed E-state index contributed by atoms with van der Waals surface area (Å²) >= 11 is 1.58. The van der Waals surface area contributed by atoms with E-state index in [1.807, 2.05) is 91.3 Å². The highest BCUT2D eigenvalue weighted by atomic mass is 32.1. The maximum absolute atomic E-state index is 13.5. The van der Waals surface area contributed by atoms with E-state index in [1.165, 1.54) is 5.57 Å². The van der Waals surface area contributed by atoms with Crippen molar-refractivity contribution in [2.45, 2.75) is 70.9 Å². The lowest BCUT2D eigenvalue weighted by Crippen LogP contribution is -2.46. The van der Waals surface area contributed by atoms with Crippen LogP contribution in [0.4, 0.5) is 0 Å². The minimum atomic E-state index is -1.11. The van der Waals surface area contributed by atoms with Crippen LogP contribution in [0.25, 0.3) is 21.6 Å². The number of rotatable bonds is 21. The minimum Gasteiger partial charge on any atom is -0.508 e. The van der Waals surface area contributed by atoms with Crippen LogP contribution in [0.5, 0.6) is 17.4 Å². The zero-order valence-electron chi connectivity index (χ0n) is 39.5. The number of carbonyl (C=O) groups excluding carboxylic acids is 3. The van der Waals surface area contributed by atoms with Gasteiger partial charge in [-0.15, -0.1) is 11.3 Å². The normalized spacial score (nSPS) is 17.0. The number of aromatic hydroxyl groups is 1. The van der Waals surface area contributed by atoms with E-state index in [-0.39, 0.29) is 55.0 Å². The van der Waals surface area contributed by atoms with Crippen molar-refractivity contribution >= 4 is 46.0 Å². The van der Waals surface area contributed by atoms with E-state index < -0.39 is 5.54 Å². The number of aryl methyl sites for hydroxylation is 1. The molecule has 15 heteroatoms. The molecule has 0 aliphatic carbocycles. The van der Waals surface area contributed by atoms with Crippen LogP contribution in [0, 0.1) is 6.92 Å². The Morgan fingerprint density at radius 3 is 2.38 bits per heavy atom. The van der Waals surface area contributed by atoms with Gasteiger partial charge in [0, 0.05) is 32.7 Å². The van der Waals surface area contributed by atoms with Gasteiger partial charge >= 0.3 is 0 Å². The van der Waals surface area contributed by atoms with Gasteiger partial charge in [0.05, 0.1) is 41.7 Å². The first-order valence-electron chi connectivity index (χ1n) is 23.4. The first kappa shape index (κ1) is 48.4. The van der Waals surface area contributed by atoms with Gasteiger partial charge in [0.25, 0.3) is 11.8 Å². The highest BCUT2D eigenvalue weighted by Gasteiger charge is 2.45. The molecule has 0 radical (unpaired) electrons. The fourth-order valence-corrected chi connectivity index (χ4v) is 9.57. The first-order chi connectivity index (χ1) is 33.5. The number of amides is 3. The van der Waals surface area contributed by atoms with Gasteiger partial charge in [-0.25, -0.2) is 9.98 Å². The van der Waals surface area contributed by atoms with E-state index in [0.29, 0.717) is 62.9 Å².